The van der Waals surface area contributed by atoms with Crippen LogP contribution in [0.2, 0.25) is 0 Å². The number of benzene rings is 1. The topological polar surface area (TPSA) is 63.7 Å². The van der Waals surface area contributed by atoms with Crippen molar-refractivity contribution in [2.45, 2.75) is 44.8 Å². The molecule has 2 heterocycles. The molecule has 0 unspecified atom stereocenters. The van der Waals surface area contributed by atoms with E-state index in [-0.39, 0.29) is 6.10 Å². The van der Waals surface area contributed by atoms with E-state index in [0.29, 0.717) is 30.4 Å². The van der Waals surface area contributed by atoms with Gasteiger partial charge in [0.25, 0.3) is 11.8 Å². The fourth-order valence-electron chi connectivity index (χ4n) is 3.38. The second kappa shape index (κ2) is 4.69. The summed E-state index contributed by atoms with van der Waals surface area (Å²) in [5.74, 6) is -1.25. The Morgan fingerprint density at radius 2 is 1.76 bits per heavy atom. The Bertz CT molecular complexity index is 604. The van der Waals surface area contributed by atoms with E-state index in [1.54, 1.807) is 31.2 Å². The molecule has 1 fully saturated rings. The van der Waals surface area contributed by atoms with Crippen LogP contribution in [0.5, 0.6) is 0 Å². The first-order chi connectivity index (χ1) is 10.0. The molecular weight excluding hydrogens is 270 g/mol. The van der Waals surface area contributed by atoms with Gasteiger partial charge < -0.3 is 4.74 Å². The first kappa shape index (κ1) is 13.8. The van der Waals surface area contributed by atoms with E-state index in [4.69, 9.17) is 4.74 Å². The maximum atomic E-state index is 12.6. The van der Waals surface area contributed by atoms with Crippen molar-refractivity contribution in [2.75, 3.05) is 0 Å². The molecule has 0 spiro atoms. The van der Waals surface area contributed by atoms with Crippen LogP contribution in [0.25, 0.3) is 0 Å². The van der Waals surface area contributed by atoms with Crippen molar-refractivity contribution in [3.8, 4) is 0 Å². The van der Waals surface area contributed by atoms with Gasteiger partial charge in [0.2, 0.25) is 0 Å². The predicted octanol–water partition coefficient (Wildman–Crippen LogP) is 2.16. The second-order valence-corrected chi connectivity index (χ2v) is 5.69. The maximum absolute atomic E-state index is 12.6. The molecule has 0 N–H and O–H groups in total. The van der Waals surface area contributed by atoms with Gasteiger partial charge in [0.1, 0.15) is 6.10 Å². The van der Waals surface area contributed by atoms with Gasteiger partial charge in [-0.25, -0.2) is 4.79 Å². The predicted molar refractivity (Wildman–Crippen MR) is 74.8 cm³/mol. The van der Waals surface area contributed by atoms with Crippen LogP contribution >= 0.6 is 0 Å². The van der Waals surface area contributed by atoms with Crippen LogP contribution < -0.4 is 0 Å². The number of fused-ring (bicyclic) bond motifs is 1. The van der Waals surface area contributed by atoms with E-state index in [1.807, 2.05) is 6.92 Å². The zero-order chi connectivity index (χ0) is 15.2. The minimum absolute atomic E-state index is 0.284. The maximum Gasteiger partial charge on any atom is 0.332 e. The van der Waals surface area contributed by atoms with Crippen LogP contribution in [0.3, 0.4) is 0 Å². The minimum atomic E-state index is -1.15. The fourth-order valence-corrected chi connectivity index (χ4v) is 3.38. The largest absolute Gasteiger partial charge is 0.461 e. The van der Waals surface area contributed by atoms with Crippen molar-refractivity contribution in [1.82, 2.24) is 4.90 Å². The molecule has 1 saturated heterocycles. The summed E-state index contributed by atoms with van der Waals surface area (Å²) in [6.07, 6.45) is 1.20. The molecule has 3 rings (SSSR count). The smallest absolute Gasteiger partial charge is 0.332 e. The highest BCUT2D eigenvalue weighted by atomic mass is 16.6. The Kier molecular flexibility index (Phi) is 3.08. The number of nitrogens with zero attached hydrogens (tertiary/aromatic N) is 1. The molecule has 2 atom stereocenters. The Morgan fingerprint density at radius 1 is 1.19 bits per heavy atom. The van der Waals surface area contributed by atoms with Crippen LogP contribution in [-0.4, -0.2) is 34.3 Å². The van der Waals surface area contributed by atoms with Gasteiger partial charge in [-0.3, -0.25) is 14.5 Å². The summed E-state index contributed by atoms with van der Waals surface area (Å²) in [5, 5.41) is 0. The highest BCUT2D eigenvalue weighted by molar-refractivity contribution is 6.23. The molecule has 1 aromatic rings. The number of ether oxygens (including phenoxy) is 1. The number of imide groups is 1. The van der Waals surface area contributed by atoms with Crippen molar-refractivity contribution < 1.29 is 19.1 Å². The standard InChI is InChI=1S/C16H17NO4/c1-3-8-16(9-10(2)21-15(16)20)17-13(18)11-6-4-5-7-12(11)14(17)19/h4-7,10H,3,8-9H2,1-2H3/t10-,16-/m1/s1. The number of cyclic esters (lactones) is 1. The fraction of sp³-hybridized carbons (Fsp3) is 0.438. The lowest BCUT2D eigenvalue weighted by atomic mass is 9.88. The monoisotopic (exact) mass is 287 g/mol. The molecule has 2 aliphatic heterocycles. The average molecular weight is 287 g/mol. The third-order valence-electron chi connectivity index (χ3n) is 4.20. The summed E-state index contributed by atoms with van der Waals surface area (Å²) in [6, 6.07) is 6.68. The number of amides is 2. The van der Waals surface area contributed by atoms with Crippen LogP contribution in [-0.2, 0) is 9.53 Å². The lowest BCUT2D eigenvalue weighted by Gasteiger charge is -2.33. The first-order valence-electron chi connectivity index (χ1n) is 7.20. The lowest BCUT2D eigenvalue weighted by molar-refractivity contribution is -0.148. The van der Waals surface area contributed by atoms with E-state index in [0.717, 1.165) is 4.90 Å². The molecular formula is C16H17NO4. The number of hydrogen-bond donors (Lipinski definition) is 0. The summed E-state index contributed by atoms with van der Waals surface area (Å²) >= 11 is 0. The molecule has 5 nitrogen and oxygen atoms in total. The second-order valence-electron chi connectivity index (χ2n) is 5.69. The molecule has 0 saturated carbocycles. The Balaban J connectivity index is 2.09. The average Bonchev–Trinajstić information content (AvgIpc) is 2.87. The lowest BCUT2D eigenvalue weighted by Crippen LogP contribution is -2.55. The third kappa shape index (κ3) is 1.80. The Hall–Kier alpha value is -2.17. The summed E-state index contributed by atoms with van der Waals surface area (Å²) < 4.78 is 5.25. The Morgan fingerprint density at radius 3 is 2.19 bits per heavy atom. The van der Waals surface area contributed by atoms with Gasteiger partial charge >= 0.3 is 5.97 Å². The number of carbonyl (C=O) groups is 3. The van der Waals surface area contributed by atoms with Crippen molar-refractivity contribution >= 4 is 17.8 Å². The van der Waals surface area contributed by atoms with Gasteiger partial charge in [-0.05, 0) is 25.5 Å². The van der Waals surface area contributed by atoms with Crippen molar-refractivity contribution in [2.24, 2.45) is 0 Å². The van der Waals surface area contributed by atoms with E-state index in [2.05, 4.69) is 0 Å². The number of hydrogen-bond acceptors (Lipinski definition) is 4. The molecule has 0 aromatic heterocycles. The van der Waals surface area contributed by atoms with Gasteiger partial charge in [-0.1, -0.05) is 25.5 Å². The SMILES string of the molecule is CCC[C@@]1(N2C(=O)c3ccccc3C2=O)C[C@@H](C)OC1=O. The summed E-state index contributed by atoms with van der Waals surface area (Å²) in [6.45, 7) is 3.71. The Labute approximate surface area is 122 Å². The van der Waals surface area contributed by atoms with Gasteiger partial charge in [0, 0.05) is 6.42 Å². The van der Waals surface area contributed by atoms with Gasteiger partial charge in [-0.2, -0.15) is 0 Å². The van der Waals surface area contributed by atoms with E-state index >= 15 is 0 Å². The molecule has 0 aliphatic carbocycles. The quantitative estimate of drug-likeness (QED) is 0.631. The molecule has 5 heteroatoms. The highest BCUT2D eigenvalue weighted by Gasteiger charge is 2.58. The highest BCUT2D eigenvalue weighted by Crippen LogP contribution is 2.40. The third-order valence-corrected chi connectivity index (χ3v) is 4.20. The molecule has 2 amide bonds. The zero-order valence-corrected chi connectivity index (χ0v) is 12.1. The number of carbonyl (C=O) groups excluding carboxylic acids is 3. The number of esters is 1. The summed E-state index contributed by atoms with van der Waals surface area (Å²) in [4.78, 5) is 38.7. The molecule has 110 valence electrons. The van der Waals surface area contributed by atoms with Crippen LogP contribution in [0, 0.1) is 0 Å². The first-order valence-corrected chi connectivity index (χ1v) is 7.20. The van der Waals surface area contributed by atoms with Crippen LogP contribution in [0.15, 0.2) is 24.3 Å². The molecule has 1 aromatic carbocycles. The van der Waals surface area contributed by atoms with Gasteiger partial charge in [-0.15, -0.1) is 0 Å². The minimum Gasteiger partial charge on any atom is -0.461 e. The van der Waals surface area contributed by atoms with Crippen molar-refractivity contribution in [3.05, 3.63) is 35.4 Å². The molecule has 0 radical (unpaired) electrons. The zero-order valence-electron chi connectivity index (χ0n) is 12.1. The van der Waals surface area contributed by atoms with Crippen molar-refractivity contribution in [3.63, 3.8) is 0 Å². The van der Waals surface area contributed by atoms with Crippen molar-refractivity contribution in [1.29, 1.82) is 0 Å². The van der Waals surface area contributed by atoms with E-state index in [1.165, 1.54) is 0 Å². The van der Waals surface area contributed by atoms with E-state index < -0.39 is 23.3 Å². The van der Waals surface area contributed by atoms with Crippen LogP contribution in [0.4, 0.5) is 0 Å². The molecule has 21 heavy (non-hydrogen) atoms. The molecule has 0 bridgehead atoms. The molecule has 2 aliphatic rings. The van der Waals surface area contributed by atoms with E-state index in [9.17, 15) is 14.4 Å². The van der Waals surface area contributed by atoms with Crippen LogP contribution in [0.1, 0.15) is 53.8 Å². The van der Waals surface area contributed by atoms with Gasteiger partial charge in [0.05, 0.1) is 11.1 Å². The number of rotatable bonds is 3. The summed E-state index contributed by atoms with van der Waals surface area (Å²) in [5.41, 5.74) is -0.419. The normalized spacial score (nSPS) is 28.0. The van der Waals surface area contributed by atoms with Gasteiger partial charge in [0.15, 0.2) is 5.54 Å². The summed E-state index contributed by atoms with van der Waals surface area (Å²) in [7, 11) is 0.